The number of benzene rings is 1. The van der Waals surface area contributed by atoms with Crippen molar-refractivity contribution in [3.63, 3.8) is 0 Å². The van der Waals surface area contributed by atoms with E-state index in [4.69, 9.17) is 9.97 Å². The highest BCUT2D eigenvalue weighted by atomic mass is 15.0. The topological polar surface area (TPSA) is 115 Å². The van der Waals surface area contributed by atoms with Crippen LogP contribution in [0.4, 0.5) is 0 Å². The Bertz CT molecular complexity index is 1660. The van der Waals surface area contributed by atoms with E-state index < -0.39 is 0 Å². The van der Waals surface area contributed by atoms with Gasteiger partial charge in [-0.05, 0) is 24.6 Å². The lowest BCUT2D eigenvalue weighted by molar-refractivity contribution is -0.686. The average molecular weight is 526 g/mol. The van der Waals surface area contributed by atoms with E-state index >= 15 is 0 Å². The summed E-state index contributed by atoms with van der Waals surface area (Å²) in [5, 5.41) is 19.2. The van der Waals surface area contributed by atoms with E-state index in [9.17, 15) is 10.5 Å². The van der Waals surface area contributed by atoms with Gasteiger partial charge in [-0.3, -0.25) is 4.98 Å². The van der Waals surface area contributed by atoms with Crippen LogP contribution in [-0.4, -0.2) is 26.4 Å². The van der Waals surface area contributed by atoms with Crippen LogP contribution in [0.25, 0.3) is 22.8 Å². The molecule has 0 atom stereocenters. The van der Waals surface area contributed by atoms with Crippen LogP contribution in [0.15, 0.2) is 83.0 Å². The molecule has 0 saturated carbocycles. The van der Waals surface area contributed by atoms with Crippen molar-refractivity contribution in [2.75, 3.05) is 0 Å². The van der Waals surface area contributed by atoms with E-state index in [2.05, 4.69) is 32.7 Å². The van der Waals surface area contributed by atoms with Gasteiger partial charge in [0.05, 0.1) is 5.69 Å². The van der Waals surface area contributed by atoms with Crippen molar-refractivity contribution in [1.82, 2.24) is 15.0 Å². The molecule has 0 unspecified atom stereocenters. The number of aromatic nitrogens is 4. The van der Waals surface area contributed by atoms with Crippen molar-refractivity contribution in [3.8, 4) is 35.2 Å². The fourth-order valence-electron chi connectivity index (χ4n) is 5.05. The third-order valence-corrected chi connectivity index (χ3v) is 6.95. The lowest BCUT2D eigenvalue weighted by atomic mass is 9.88. The highest BCUT2D eigenvalue weighted by Gasteiger charge is 2.33. The monoisotopic (exact) mass is 525 g/mol. The predicted molar refractivity (Wildman–Crippen MR) is 153 cm³/mol. The van der Waals surface area contributed by atoms with E-state index in [-0.39, 0.29) is 0 Å². The molecule has 3 aromatic heterocycles. The number of hydrogen-bond acceptors (Lipinski definition) is 7. The standard InChI is InChI=1S/C32H29N8/c1-2-3-4-5-6-12-19-40-20-13-10-17-26(40)30-29(25-16-9-11-18-35-25)38-31-27(36-21-33)23-14-7-8-15-24(23)28(37-22-34)32(31)39-30/h7-11,13-18,20H,2-6,12,19H2,1H3/q+1. The molecule has 1 aromatic carbocycles. The number of unbranched alkanes of at least 4 members (excludes halogenated alkanes) is 5. The first-order chi connectivity index (χ1) is 19.8. The minimum Gasteiger partial charge on any atom is -0.255 e. The van der Waals surface area contributed by atoms with Gasteiger partial charge in [0, 0.05) is 35.9 Å². The van der Waals surface area contributed by atoms with Crippen molar-refractivity contribution in [2.45, 2.75) is 52.0 Å². The van der Waals surface area contributed by atoms with Gasteiger partial charge in [-0.1, -0.05) is 62.9 Å². The zero-order chi connectivity index (χ0) is 27.7. The molecule has 40 heavy (non-hydrogen) atoms. The third kappa shape index (κ3) is 5.39. The number of rotatable bonds is 9. The number of nitrogens with zero attached hydrogens (tertiary/aromatic N) is 8. The summed E-state index contributed by atoms with van der Waals surface area (Å²) in [6.45, 7) is 3.07. The minimum atomic E-state index is 0.397. The molecule has 0 radical (unpaired) electrons. The predicted octanol–water partition coefficient (Wildman–Crippen LogP) is 5.80. The first-order valence-electron chi connectivity index (χ1n) is 13.6. The fourth-order valence-corrected chi connectivity index (χ4v) is 5.05. The zero-order valence-corrected chi connectivity index (χ0v) is 22.5. The second kappa shape index (κ2) is 12.6. The lowest BCUT2D eigenvalue weighted by Gasteiger charge is -2.22. The SMILES string of the molecule is CCCCCCCC[n+]1ccccc1-c1nc2c(nc1-c1ccccn1)C(=NC#N)c1ccccc1C2=NC#N. The molecule has 5 rings (SSSR count). The van der Waals surface area contributed by atoms with E-state index in [1.54, 1.807) is 6.20 Å². The molecule has 0 aliphatic heterocycles. The summed E-state index contributed by atoms with van der Waals surface area (Å²) in [4.78, 5) is 23.1. The maximum Gasteiger partial charge on any atom is 0.233 e. The summed E-state index contributed by atoms with van der Waals surface area (Å²) >= 11 is 0. The van der Waals surface area contributed by atoms with Gasteiger partial charge in [0.25, 0.3) is 0 Å². The number of hydrogen-bond donors (Lipinski definition) is 0. The second-order valence-electron chi connectivity index (χ2n) is 9.55. The summed E-state index contributed by atoms with van der Waals surface area (Å²) in [7, 11) is 0. The van der Waals surface area contributed by atoms with Crippen LogP contribution in [0.1, 0.15) is 68.0 Å². The molecule has 0 saturated heterocycles. The van der Waals surface area contributed by atoms with Gasteiger partial charge >= 0.3 is 0 Å². The first kappa shape index (κ1) is 26.5. The second-order valence-corrected chi connectivity index (χ2v) is 9.55. The van der Waals surface area contributed by atoms with E-state index in [0.717, 1.165) is 25.1 Å². The molecule has 8 nitrogen and oxygen atoms in total. The number of aliphatic imine (C=N–C) groups is 2. The Balaban J connectivity index is 1.70. The highest BCUT2D eigenvalue weighted by Crippen LogP contribution is 2.33. The van der Waals surface area contributed by atoms with E-state index in [0.29, 0.717) is 51.0 Å². The van der Waals surface area contributed by atoms with Crippen LogP contribution in [0.5, 0.6) is 0 Å². The Morgan fingerprint density at radius 2 is 1.32 bits per heavy atom. The van der Waals surface area contributed by atoms with Gasteiger partial charge in [0.15, 0.2) is 11.9 Å². The molecule has 1 aliphatic rings. The Morgan fingerprint density at radius 3 is 1.98 bits per heavy atom. The molecule has 0 spiro atoms. The molecule has 0 bridgehead atoms. The molecular formula is C32H29N8+. The molecular weight excluding hydrogens is 496 g/mol. The summed E-state index contributed by atoms with van der Waals surface area (Å²) < 4.78 is 2.20. The van der Waals surface area contributed by atoms with Gasteiger partial charge in [-0.2, -0.15) is 25.1 Å². The van der Waals surface area contributed by atoms with Crippen LogP contribution in [-0.2, 0) is 6.54 Å². The molecule has 8 heteroatoms. The Morgan fingerprint density at radius 1 is 0.700 bits per heavy atom. The Hall–Kier alpha value is -5.08. The van der Waals surface area contributed by atoms with Crippen molar-refractivity contribution in [3.05, 3.63) is 95.6 Å². The quantitative estimate of drug-likeness (QED) is 0.137. The Labute approximate surface area is 234 Å². The highest BCUT2D eigenvalue weighted by molar-refractivity contribution is 6.30. The van der Waals surface area contributed by atoms with Crippen LogP contribution in [0, 0.1) is 22.9 Å². The molecule has 0 N–H and O–H groups in total. The van der Waals surface area contributed by atoms with Crippen molar-refractivity contribution < 1.29 is 4.57 Å². The molecule has 0 fully saturated rings. The summed E-state index contributed by atoms with van der Waals surface area (Å²) in [5.41, 5.74) is 5.73. The zero-order valence-electron chi connectivity index (χ0n) is 22.5. The van der Waals surface area contributed by atoms with E-state index in [1.807, 2.05) is 73.0 Å². The van der Waals surface area contributed by atoms with Gasteiger partial charge < -0.3 is 0 Å². The smallest absolute Gasteiger partial charge is 0.233 e. The Kier molecular flexibility index (Phi) is 8.38. The first-order valence-corrected chi connectivity index (χ1v) is 13.6. The fraction of sp³-hybridized carbons (Fsp3) is 0.250. The van der Waals surface area contributed by atoms with Gasteiger partial charge in [0.1, 0.15) is 35.0 Å². The number of fused-ring (bicyclic) bond motifs is 2. The summed E-state index contributed by atoms with van der Waals surface area (Å²) in [5.74, 6) is 0. The molecule has 196 valence electrons. The third-order valence-electron chi connectivity index (χ3n) is 6.95. The summed E-state index contributed by atoms with van der Waals surface area (Å²) in [6.07, 6.45) is 14.8. The minimum absolute atomic E-state index is 0.397. The van der Waals surface area contributed by atoms with Gasteiger partial charge in [-0.15, -0.1) is 0 Å². The van der Waals surface area contributed by atoms with E-state index in [1.165, 1.54) is 25.7 Å². The normalized spacial score (nSPS) is 13.9. The number of pyridine rings is 2. The van der Waals surface area contributed by atoms with Crippen LogP contribution in [0.2, 0.25) is 0 Å². The maximum absolute atomic E-state index is 9.59. The number of nitriles is 2. The molecule has 1 aliphatic carbocycles. The van der Waals surface area contributed by atoms with Crippen LogP contribution < -0.4 is 4.57 Å². The maximum atomic E-state index is 9.59. The van der Waals surface area contributed by atoms with Gasteiger partial charge in [-0.25, -0.2) is 9.97 Å². The largest absolute Gasteiger partial charge is 0.255 e. The molecule has 3 heterocycles. The van der Waals surface area contributed by atoms with Crippen molar-refractivity contribution in [1.29, 1.82) is 10.5 Å². The lowest BCUT2D eigenvalue weighted by Crippen LogP contribution is -2.36. The van der Waals surface area contributed by atoms with Crippen LogP contribution in [0.3, 0.4) is 0 Å². The van der Waals surface area contributed by atoms with Crippen LogP contribution >= 0.6 is 0 Å². The average Bonchev–Trinajstić information content (AvgIpc) is 3.00. The number of aryl methyl sites for hydroxylation is 1. The molecule has 4 aromatic rings. The van der Waals surface area contributed by atoms with Crippen molar-refractivity contribution >= 4 is 11.4 Å². The van der Waals surface area contributed by atoms with Crippen molar-refractivity contribution in [2.24, 2.45) is 9.98 Å². The summed E-state index contributed by atoms with van der Waals surface area (Å²) in [6, 6.07) is 19.1. The molecule has 0 amide bonds. The van der Waals surface area contributed by atoms with Gasteiger partial charge in [0.2, 0.25) is 18.1 Å².